The maximum Gasteiger partial charge on any atom is 0.270 e. The Hall–Kier alpha value is -3.39. The minimum absolute atomic E-state index is 0.00185. The summed E-state index contributed by atoms with van der Waals surface area (Å²) >= 11 is 17.1. The third kappa shape index (κ3) is 5.22. The van der Waals surface area contributed by atoms with Crippen LogP contribution >= 0.6 is 35.4 Å². The number of methoxy groups -OCH3 is 1. The lowest BCUT2D eigenvalue weighted by atomic mass is 10.1. The molecule has 0 aromatic heterocycles. The molecule has 34 heavy (non-hydrogen) atoms. The first-order valence-electron chi connectivity index (χ1n) is 10.1. The average Bonchev–Trinajstić information content (AvgIpc) is 2.83. The highest BCUT2D eigenvalue weighted by molar-refractivity contribution is 7.80. The van der Waals surface area contributed by atoms with Crippen molar-refractivity contribution in [3.05, 3.63) is 93.5 Å². The molecule has 0 atom stereocenters. The standard InChI is InChI=1S/C25H18Cl2N2O4S/c1-32-22-13-16(4-11-21(22)33-14-15-2-5-17(26)6-3-15)12-20-23(30)28-25(34)29(24(20)31)19-9-7-18(27)8-10-19/h2-13H,14H2,1H3,(H,28,30,34)/b20-12-. The Morgan fingerprint density at radius 3 is 2.24 bits per heavy atom. The summed E-state index contributed by atoms with van der Waals surface area (Å²) in [4.78, 5) is 27.0. The highest BCUT2D eigenvalue weighted by atomic mass is 35.5. The van der Waals surface area contributed by atoms with Crippen LogP contribution in [0.5, 0.6) is 11.5 Å². The van der Waals surface area contributed by atoms with Crippen LogP contribution in [0.1, 0.15) is 11.1 Å². The van der Waals surface area contributed by atoms with Gasteiger partial charge in [0.1, 0.15) is 12.2 Å². The fraction of sp³-hybridized carbons (Fsp3) is 0.0800. The quantitative estimate of drug-likeness (QED) is 0.271. The molecule has 4 rings (SSSR count). The lowest BCUT2D eigenvalue weighted by Crippen LogP contribution is -2.54. The molecule has 0 radical (unpaired) electrons. The first-order chi connectivity index (χ1) is 16.4. The summed E-state index contributed by atoms with van der Waals surface area (Å²) in [5, 5.41) is 3.72. The fourth-order valence-corrected chi connectivity index (χ4v) is 3.82. The molecular weight excluding hydrogens is 495 g/mol. The average molecular weight is 513 g/mol. The van der Waals surface area contributed by atoms with E-state index in [-0.39, 0.29) is 10.7 Å². The highest BCUT2D eigenvalue weighted by Crippen LogP contribution is 2.31. The lowest BCUT2D eigenvalue weighted by Gasteiger charge is -2.29. The zero-order chi connectivity index (χ0) is 24.2. The summed E-state index contributed by atoms with van der Waals surface area (Å²) in [5.41, 5.74) is 1.95. The van der Waals surface area contributed by atoms with Crippen LogP contribution in [0, 0.1) is 0 Å². The number of thiocarbonyl (C=S) groups is 1. The van der Waals surface area contributed by atoms with Gasteiger partial charge in [-0.2, -0.15) is 0 Å². The number of carbonyl (C=O) groups excluding carboxylic acids is 2. The molecule has 0 saturated carbocycles. The van der Waals surface area contributed by atoms with Crippen molar-refractivity contribution in [2.75, 3.05) is 12.0 Å². The third-order valence-corrected chi connectivity index (χ3v) is 5.78. The van der Waals surface area contributed by atoms with Gasteiger partial charge in [-0.25, -0.2) is 0 Å². The Labute approximate surface area is 211 Å². The molecule has 6 nitrogen and oxygen atoms in total. The van der Waals surface area contributed by atoms with Gasteiger partial charge in [0.15, 0.2) is 16.6 Å². The van der Waals surface area contributed by atoms with Gasteiger partial charge in [-0.3, -0.25) is 19.8 Å². The Morgan fingerprint density at radius 2 is 1.59 bits per heavy atom. The van der Waals surface area contributed by atoms with Crippen LogP contribution in [0.2, 0.25) is 10.0 Å². The van der Waals surface area contributed by atoms with Crippen LogP contribution in [-0.2, 0) is 16.2 Å². The van der Waals surface area contributed by atoms with E-state index < -0.39 is 11.8 Å². The number of rotatable bonds is 6. The Kier molecular flexibility index (Phi) is 7.17. The van der Waals surface area contributed by atoms with E-state index in [1.807, 2.05) is 12.1 Å². The van der Waals surface area contributed by atoms with Crippen molar-refractivity contribution < 1.29 is 19.1 Å². The van der Waals surface area contributed by atoms with E-state index in [0.717, 1.165) is 5.56 Å². The van der Waals surface area contributed by atoms with Crippen molar-refractivity contribution in [1.82, 2.24) is 5.32 Å². The second-order valence-corrected chi connectivity index (χ2v) is 8.52. The van der Waals surface area contributed by atoms with E-state index in [2.05, 4.69) is 5.32 Å². The monoisotopic (exact) mass is 512 g/mol. The van der Waals surface area contributed by atoms with E-state index in [9.17, 15) is 9.59 Å². The van der Waals surface area contributed by atoms with Gasteiger partial charge in [-0.1, -0.05) is 41.4 Å². The third-order valence-electron chi connectivity index (χ3n) is 4.99. The number of carbonyl (C=O) groups is 2. The molecule has 1 saturated heterocycles. The molecule has 0 unspecified atom stereocenters. The molecular formula is C25H18Cl2N2O4S. The molecule has 1 N–H and O–H groups in total. The van der Waals surface area contributed by atoms with Crippen molar-refractivity contribution >= 4 is 64.1 Å². The number of ether oxygens (including phenoxy) is 2. The number of hydrogen-bond acceptors (Lipinski definition) is 5. The zero-order valence-electron chi connectivity index (χ0n) is 17.9. The molecule has 0 spiro atoms. The Morgan fingerprint density at radius 1 is 0.941 bits per heavy atom. The molecule has 3 aromatic rings. The smallest absolute Gasteiger partial charge is 0.270 e. The van der Waals surface area contributed by atoms with Crippen molar-refractivity contribution in [2.24, 2.45) is 0 Å². The molecule has 1 aliphatic heterocycles. The van der Waals surface area contributed by atoms with Crippen LogP contribution in [0.3, 0.4) is 0 Å². The lowest BCUT2D eigenvalue weighted by molar-refractivity contribution is -0.122. The Bertz CT molecular complexity index is 1290. The summed E-state index contributed by atoms with van der Waals surface area (Å²) in [7, 11) is 1.51. The van der Waals surface area contributed by atoms with Crippen molar-refractivity contribution in [1.29, 1.82) is 0 Å². The molecule has 1 heterocycles. The number of nitrogens with one attached hydrogen (secondary N) is 1. The summed E-state index contributed by atoms with van der Waals surface area (Å²) in [5.74, 6) is -0.152. The van der Waals surface area contributed by atoms with E-state index in [4.69, 9.17) is 44.9 Å². The molecule has 9 heteroatoms. The largest absolute Gasteiger partial charge is 0.493 e. The molecule has 0 aliphatic carbocycles. The SMILES string of the molecule is COc1cc(/C=C2/C(=O)NC(=S)N(c3ccc(Cl)cc3)C2=O)ccc1OCc1ccc(Cl)cc1. The van der Waals surface area contributed by atoms with Gasteiger partial charge in [0, 0.05) is 10.0 Å². The van der Waals surface area contributed by atoms with Gasteiger partial charge in [0.05, 0.1) is 12.8 Å². The second-order valence-electron chi connectivity index (χ2n) is 7.26. The molecule has 1 aliphatic rings. The fourth-order valence-electron chi connectivity index (χ4n) is 3.28. The van der Waals surface area contributed by atoms with Crippen molar-refractivity contribution in [2.45, 2.75) is 6.61 Å². The molecule has 1 fully saturated rings. The van der Waals surface area contributed by atoms with E-state index >= 15 is 0 Å². The number of nitrogens with zero attached hydrogens (tertiary/aromatic N) is 1. The maximum atomic E-state index is 13.2. The number of hydrogen-bond donors (Lipinski definition) is 1. The summed E-state index contributed by atoms with van der Waals surface area (Å²) in [6.07, 6.45) is 1.48. The van der Waals surface area contributed by atoms with E-state index in [1.165, 1.54) is 18.1 Å². The first-order valence-corrected chi connectivity index (χ1v) is 11.2. The summed E-state index contributed by atoms with van der Waals surface area (Å²) in [6, 6.07) is 19.0. The molecule has 2 amide bonds. The number of amides is 2. The minimum Gasteiger partial charge on any atom is -0.493 e. The Balaban J connectivity index is 1.58. The topological polar surface area (TPSA) is 67.9 Å². The molecule has 0 bridgehead atoms. The van der Waals surface area contributed by atoms with Gasteiger partial charge >= 0.3 is 0 Å². The van der Waals surface area contributed by atoms with E-state index in [0.29, 0.717) is 39.4 Å². The van der Waals surface area contributed by atoms with Crippen LogP contribution in [-0.4, -0.2) is 24.0 Å². The van der Waals surface area contributed by atoms with Gasteiger partial charge in [0.2, 0.25) is 0 Å². The highest BCUT2D eigenvalue weighted by Gasteiger charge is 2.34. The van der Waals surface area contributed by atoms with Crippen LogP contribution < -0.4 is 19.7 Å². The number of anilines is 1. The maximum absolute atomic E-state index is 13.2. The van der Waals surface area contributed by atoms with Gasteiger partial charge in [0.25, 0.3) is 11.8 Å². The van der Waals surface area contributed by atoms with Crippen molar-refractivity contribution in [3.63, 3.8) is 0 Å². The second kappa shape index (κ2) is 10.3. The van der Waals surface area contributed by atoms with Crippen LogP contribution in [0.4, 0.5) is 5.69 Å². The van der Waals surface area contributed by atoms with Crippen molar-refractivity contribution in [3.8, 4) is 11.5 Å². The van der Waals surface area contributed by atoms with Crippen LogP contribution in [0.15, 0.2) is 72.3 Å². The zero-order valence-corrected chi connectivity index (χ0v) is 20.2. The normalized spacial score (nSPS) is 14.9. The van der Waals surface area contributed by atoms with E-state index in [1.54, 1.807) is 54.6 Å². The molecule has 3 aromatic carbocycles. The first kappa shape index (κ1) is 23.8. The predicted molar refractivity (Wildman–Crippen MR) is 136 cm³/mol. The number of benzene rings is 3. The summed E-state index contributed by atoms with van der Waals surface area (Å²) < 4.78 is 11.3. The van der Waals surface area contributed by atoms with Gasteiger partial charge in [-0.05, 0) is 78.0 Å². The molecule has 172 valence electrons. The van der Waals surface area contributed by atoms with Gasteiger partial charge < -0.3 is 9.47 Å². The minimum atomic E-state index is -0.581. The summed E-state index contributed by atoms with van der Waals surface area (Å²) in [6.45, 7) is 0.322. The number of halogens is 2. The predicted octanol–water partition coefficient (Wildman–Crippen LogP) is 5.41. The van der Waals surface area contributed by atoms with Gasteiger partial charge in [-0.15, -0.1) is 0 Å². The van der Waals surface area contributed by atoms with Crippen LogP contribution in [0.25, 0.3) is 6.08 Å².